The molecule has 1 aromatic carbocycles. The van der Waals surface area contributed by atoms with E-state index in [0.717, 1.165) is 29.8 Å². The molecule has 0 saturated heterocycles. The highest BCUT2D eigenvalue weighted by atomic mass is 35.5. The first-order chi connectivity index (χ1) is 13.2. The van der Waals surface area contributed by atoms with Crippen LogP contribution in [0.15, 0.2) is 48.8 Å². The van der Waals surface area contributed by atoms with Crippen molar-refractivity contribution in [3.05, 3.63) is 54.4 Å². The minimum Gasteiger partial charge on any atom is -0.489 e. The van der Waals surface area contributed by atoms with Gasteiger partial charge in [0.15, 0.2) is 0 Å². The Hall–Kier alpha value is -1.82. The zero-order valence-electron chi connectivity index (χ0n) is 16.3. The highest BCUT2D eigenvalue weighted by molar-refractivity contribution is 5.92. The molecule has 5 nitrogen and oxygen atoms in total. The van der Waals surface area contributed by atoms with Crippen LogP contribution in [-0.4, -0.2) is 16.9 Å². The number of halogens is 2. The number of nitrogens with two attached hydrogens (primary N) is 1. The molecule has 4 rings (SSSR count). The second kappa shape index (κ2) is 10.8. The van der Waals surface area contributed by atoms with Crippen molar-refractivity contribution in [1.82, 2.24) is 4.98 Å². The van der Waals surface area contributed by atoms with E-state index in [2.05, 4.69) is 10.3 Å². The second-order valence-electron chi connectivity index (χ2n) is 7.86. The number of rotatable bonds is 5. The fourth-order valence-electron chi connectivity index (χ4n) is 4.56. The largest absolute Gasteiger partial charge is 0.489 e. The van der Waals surface area contributed by atoms with Crippen LogP contribution in [0.2, 0.25) is 0 Å². The van der Waals surface area contributed by atoms with E-state index in [4.69, 9.17) is 10.5 Å². The summed E-state index contributed by atoms with van der Waals surface area (Å²) >= 11 is 0. The normalized spacial score (nSPS) is 25.1. The molecule has 2 bridgehead atoms. The van der Waals surface area contributed by atoms with Gasteiger partial charge in [0, 0.05) is 41.7 Å². The van der Waals surface area contributed by atoms with Gasteiger partial charge in [-0.3, -0.25) is 9.78 Å². The lowest BCUT2D eigenvalue weighted by molar-refractivity contribution is -0.122. The first kappa shape index (κ1) is 23.5. The van der Waals surface area contributed by atoms with Gasteiger partial charge in [0.2, 0.25) is 5.91 Å². The number of nitrogens with one attached hydrogen (secondary N) is 1. The number of nitrogens with zero attached hydrogens (tertiary/aromatic N) is 1. The molecule has 2 saturated carbocycles. The third kappa shape index (κ3) is 5.84. The molecule has 7 heteroatoms. The fourth-order valence-corrected chi connectivity index (χ4v) is 4.56. The van der Waals surface area contributed by atoms with Crippen molar-refractivity contribution in [1.29, 1.82) is 0 Å². The van der Waals surface area contributed by atoms with Crippen LogP contribution < -0.4 is 15.8 Å². The Kier molecular flexibility index (Phi) is 8.75. The molecule has 29 heavy (non-hydrogen) atoms. The standard InChI is InChI=1S/C22H27N3O2.2ClH/c23-21-16-5-1-6-17(21)11-18(10-16)22(26)25-19-7-2-8-20(12-19)27-14-15-4-3-9-24-13-15;;/h2-4,7-9,12-13,16-18,21H,1,5-6,10-11,14,23H2,(H,25,26);2*1H. The molecule has 0 aliphatic heterocycles. The van der Waals surface area contributed by atoms with Gasteiger partial charge in [0.05, 0.1) is 0 Å². The summed E-state index contributed by atoms with van der Waals surface area (Å²) in [7, 11) is 0. The Bertz CT molecular complexity index is 777. The number of anilines is 1. The molecule has 2 aromatic rings. The van der Waals surface area contributed by atoms with Crippen LogP contribution in [0.25, 0.3) is 0 Å². The molecule has 1 amide bonds. The smallest absolute Gasteiger partial charge is 0.227 e. The molecule has 2 aliphatic carbocycles. The number of hydrogen-bond donors (Lipinski definition) is 2. The molecular weight excluding hydrogens is 409 g/mol. The van der Waals surface area contributed by atoms with Gasteiger partial charge in [-0.1, -0.05) is 18.6 Å². The SMILES string of the molecule is Cl.Cl.NC1C2CCCC1CC(C(=O)Nc1cccc(OCc3cccnc3)c1)C2. The molecule has 158 valence electrons. The number of hydrogen-bond acceptors (Lipinski definition) is 4. The number of carbonyl (C=O) groups is 1. The van der Waals surface area contributed by atoms with Crippen molar-refractivity contribution in [3.63, 3.8) is 0 Å². The van der Waals surface area contributed by atoms with Crippen molar-refractivity contribution in [2.75, 3.05) is 5.32 Å². The highest BCUT2D eigenvalue weighted by Gasteiger charge is 2.40. The second-order valence-corrected chi connectivity index (χ2v) is 7.86. The van der Waals surface area contributed by atoms with E-state index in [1.807, 2.05) is 36.4 Å². The van der Waals surface area contributed by atoms with Crippen molar-refractivity contribution >= 4 is 36.4 Å². The lowest BCUT2D eigenvalue weighted by Gasteiger charge is -2.43. The predicted octanol–water partition coefficient (Wildman–Crippen LogP) is 4.60. The van der Waals surface area contributed by atoms with Crippen molar-refractivity contribution in [2.24, 2.45) is 23.5 Å². The lowest BCUT2D eigenvalue weighted by atomic mass is 9.65. The average molecular weight is 438 g/mol. The topological polar surface area (TPSA) is 77.2 Å². The van der Waals surface area contributed by atoms with Gasteiger partial charge in [-0.15, -0.1) is 24.8 Å². The zero-order valence-corrected chi connectivity index (χ0v) is 18.0. The summed E-state index contributed by atoms with van der Waals surface area (Å²) in [6.07, 6.45) is 8.95. The van der Waals surface area contributed by atoms with Crippen molar-refractivity contribution in [2.45, 2.75) is 44.8 Å². The number of ether oxygens (including phenoxy) is 1. The van der Waals surface area contributed by atoms with Gasteiger partial charge in [0.1, 0.15) is 12.4 Å². The highest BCUT2D eigenvalue weighted by Crippen LogP contribution is 2.42. The molecule has 2 fully saturated rings. The Balaban J connectivity index is 0.00000150. The first-order valence-electron chi connectivity index (χ1n) is 9.87. The van der Waals surface area contributed by atoms with E-state index in [1.54, 1.807) is 12.4 Å². The van der Waals surface area contributed by atoms with Gasteiger partial charge in [-0.2, -0.15) is 0 Å². The molecule has 2 unspecified atom stereocenters. The number of pyridine rings is 1. The Labute approximate surface area is 184 Å². The van der Waals surface area contributed by atoms with Crippen LogP contribution in [0.1, 0.15) is 37.7 Å². The number of benzene rings is 1. The molecule has 2 atom stereocenters. The van der Waals surface area contributed by atoms with Crippen LogP contribution in [0.3, 0.4) is 0 Å². The average Bonchev–Trinajstić information content (AvgIpc) is 2.67. The lowest BCUT2D eigenvalue weighted by Crippen LogP contribution is -2.48. The Morgan fingerprint density at radius 2 is 1.90 bits per heavy atom. The Morgan fingerprint density at radius 3 is 2.59 bits per heavy atom. The summed E-state index contributed by atoms with van der Waals surface area (Å²) in [5.41, 5.74) is 8.14. The first-order valence-corrected chi connectivity index (χ1v) is 9.87. The van der Waals surface area contributed by atoms with Gasteiger partial charge in [-0.25, -0.2) is 0 Å². The van der Waals surface area contributed by atoms with Crippen LogP contribution in [0.5, 0.6) is 5.75 Å². The summed E-state index contributed by atoms with van der Waals surface area (Å²) in [6, 6.07) is 11.7. The van der Waals surface area contributed by atoms with Gasteiger partial charge >= 0.3 is 0 Å². The number of fused-ring (bicyclic) bond motifs is 2. The van der Waals surface area contributed by atoms with Crippen molar-refractivity contribution in [3.8, 4) is 5.75 Å². The van der Waals surface area contributed by atoms with E-state index < -0.39 is 0 Å². The quantitative estimate of drug-likeness (QED) is 0.716. The summed E-state index contributed by atoms with van der Waals surface area (Å²) in [5.74, 6) is 1.92. The van der Waals surface area contributed by atoms with Crippen LogP contribution >= 0.6 is 24.8 Å². The van der Waals surface area contributed by atoms with Gasteiger partial charge in [-0.05, 0) is 55.7 Å². The molecule has 3 N–H and O–H groups in total. The van der Waals surface area contributed by atoms with Crippen LogP contribution in [0, 0.1) is 17.8 Å². The van der Waals surface area contributed by atoms with E-state index >= 15 is 0 Å². The van der Waals surface area contributed by atoms with Crippen LogP contribution in [-0.2, 0) is 11.4 Å². The molecule has 0 spiro atoms. The monoisotopic (exact) mass is 437 g/mol. The third-order valence-corrected chi connectivity index (χ3v) is 6.01. The predicted molar refractivity (Wildman–Crippen MR) is 120 cm³/mol. The maximum absolute atomic E-state index is 12.8. The molecule has 1 aromatic heterocycles. The van der Waals surface area contributed by atoms with E-state index in [9.17, 15) is 4.79 Å². The Morgan fingerprint density at radius 1 is 1.14 bits per heavy atom. The third-order valence-electron chi connectivity index (χ3n) is 6.01. The van der Waals surface area contributed by atoms with E-state index in [1.165, 1.54) is 19.3 Å². The number of carbonyl (C=O) groups excluding carboxylic acids is 1. The molecule has 0 radical (unpaired) electrons. The van der Waals surface area contributed by atoms with Gasteiger partial charge in [0.25, 0.3) is 0 Å². The molecule has 2 aliphatic rings. The fraction of sp³-hybridized carbons (Fsp3) is 0.455. The molecule has 1 heterocycles. The maximum atomic E-state index is 12.8. The maximum Gasteiger partial charge on any atom is 0.227 e. The van der Waals surface area contributed by atoms with Crippen LogP contribution in [0.4, 0.5) is 5.69 Å². The summed E-state index contributed by atoms with van der Waals surface area (Å²) in [4.78, 5) is 16.9. The van der Waals surface area contributed by atoms with Gasteiger partial charge < -0.3 is 15.8 Å². The van der Waals surface area contributed by atoms with E-state index in [-0.39, 0.29) is 42.7 Å². The summed E-state index contributed by atoms with van der Waals surface area (Å²) < 4.78 is 5.83. The summed E-state index contributed by atoms with van der Waals surface area (Å²) in [5, 5.41) is 3.08. The minimum absolute atomic E-state index is 0. The number of amides is 1. The van der Waals surface area contributed by atoms with E-state index in [0.29, 0.717) is 18.4 Å². The number of aromatic nitrogens is 1. The molecular formula is C22H29Cl2N3O2. The van der Waals surface area contributed by atoms with Crippen molar-refractivity contribution < 1.29 is 9.53 Å². The minimum atomic E-state index is 0. The summed E-state index contributed by atoms with van der Waals surface area (Å²) in [6.45, 7) is 0.453. The zero-order chi connectivity index (χ0) is 18.6.